The van der Waals surface area contributed by atoms with Gasteiger partial charge in [-0.3, -0.25) is 4.79 Å². The van der Waals surface area contributed by atoms with Gasteiger partial charge in [0.05, 0.1) is 23.1 Å². The summed E-state index contributed by atoms with van der Waals surface area (Å²) in [4.78, 5) is 11.8. The summed E-state index contributed by atoms with van der Waals surface area (Å²) >= 11 is 0. The number of carbonyl (C=O) groups excluding carboxylic acids is 1. The minimum absolute atomic E-state index is 0.0789. The summed E-state index contributed by atoms with van der Waals surface area (Å²) in [6.45, 7) is 7.05. The number of nitrogens with one attached hydrogen (secondary N) is 2. The molecule has 2 aromatic carbocycles. The Hall–Kier alpha value is -2.20. The highest BCUT2D eigenvalue weighted by atomic mass is 32.2. The quantitative estimate of drug-likeness (QED) is 0.448. The Morgan fingerprint density at radius 3 is 2.33 bits per heavy atom. The van der Waals surface area contributed by atoms with Crippen LogP contribution >= 0.6 is 0 Å². The summed E-state index contributed by atoms with van der Waals surface area (Å²) in [7, 11) is -1.06. The van der Waals surface area contributed by atoms with E-state index < -0.39 is 40.3 Å². The van der Waals surface area contributed by atoms with E-state index in [2.05, 4.69) is 42.7 Å². The summed E-state index contributed by atoms with van der Waals surface area (Å²) in [5.74, 6) is -1.40. The molecule has 0 radical (unpaired) electrons. The second kappa shape index (κ2) is 12.4. The van der Waals surface area contributed by atoms with Crippen LogP contribution in [0.25, 0.3) is 0 Å². The first-order valence-electron chi connectivity index (χ1n) is 12.3. The number of hydrogen-bond donors (Lipinski definition) is 3. The van der Waals surface area contributed by atoms with Crippen molar-refractivity contribution < 1.29 is 22.9 Å². The van der Waals surface area contributed by atoms with Gasteiger partial charge in [0, 0.05) is 44.4 Å². The molecule has 1 heterocycles. The molecule has 3 rings (SSSR count). The topological polar surface area (TPSA) is 81.7 Å². The molecular formula is C27H37F2N3O3S. The van der Waals surface area contributed by atoms with Gasteiger partial charge in [-0.05, 0) is 54.0 Å². The molecule has 3 N–H and O–H groups in total. The molecule has 36 heavy (non-hydrogen) atoms. The molecule has 1 amide bonds. The number of rotatable bonds is 10. The number of benzene rings is 2. The minimum atomic E-state index is -1.06. The first kappa shape index (κ1) is 28.4. The third-order valence-electron chi connectivity index (χ3n) is 6.93. The lowest BCUT2D eigenvalue weighted by Gasteiger charge is -2.43. The van der Waals surface area contributed by atoms with Crippen molar-refractivity contribution in [1.82, 2.24) is 14.9 Å². The highest BCUT2D eigenvalue weighted by Gasteiger charge is 2.38. The predicted octanol–water partition coefficient (Wildman–Crippen LogP) is 3.37. The zero-order valence-corrected chi connectivity index (χ0v) is 22.2. The summed E-state index contributed by atoms with van der Waals surface area (Å²) in [6.07, 6.45) is 2.14. The van der Waals surface area contributed by atoms with Gasteiger partial charge in [0.25, 0.3) is 0 Å². The van der Waals surface area contributed by atoms with Gasteiger partial charge in [0.2, 0.25) is 5.91 Å². The lowest BCUT2D eigenvalue weighted by Crippen LogP contribution is -2.56. The average molecular weight is 522 g/mol. The average Bonchev–Trinajstić information content (AvgIpc) is 2.81. The van der Waals surface area contributed by atoms with Gasteiger partial charge in [0.1, 0.15) is 11.6 Å². The zero-order valence-electron chi connectivity index (χ0n) is 21.4. The zero-order chi connectivity index (χ0) is 26.5. The van der Waals surface area contributed by atoms with Crippen molar-refractivity contribution in [3.63, 3.8) is 0 Å². The Morgan fingerprint density at radius 1 is 1.14 bits per heavy atom. The van der Waals surface area contributed by atoms with E-state index in [0.29, 0.717) is 37.4 Å². The summed E-state index contributed by atoms with van der Waals surface area (Å²) in [5.41, 5.74) is 2.21. The van der Waals surface area contributed by atoms with Crippen molar-refractivity contribution in [1.29, 1.82) is 0 Å². The molecule has 0 aromatic heterocycles. The molecule has 0 saturated carbocycles. The van der Waals surface area contributed by atoms with Crippen LogP contribution in [0.1, 0.15) is 56.2 Å². The van der Waals surface area contributed by atoms with Crippen LogP contribution < -0.4 is 10.6 Å². The Labute approximate surface area is 215 Å². The molecule has 0 spiro atoms. The lowest BCUT2D eigenvalue weighted by atomic mass is 9.80. The van der Waals surface area contributed by atoms with Gasteiger partial charge in [-0.15, -0.1) is 0 Å². The van der Waals surface area contributed by atoms with Crippen LogP contribution in [0.2, 0.25) is 0 Å². The molecule has 0 aliphatic carbocycles. The van der Waals surface area contributed by atoms with Gasteiger partial charge in [0.15, 0.2) is 0 Å². The fourth-order valence-corrected chi connectivity index (χ4v) is 5.55. The number of nitrogens with zero attached hydrogens (tertiary/aromatic N) is 1. The SMILES string of the molecule is CC(=O)NC(Cc1cc(F)cc(F)c1)C(O)CNC1(c2cccc(C(C)C)c2)CCN(S(C)=O)CC1. The molecule has 1 aliphatic rings. The fourth-order valence-electron chi connectivity index (χ4n) is 4.86. The van der Waals surface area contributed by atoms with E-state index in [1.807, 2.05) is 10.4 Å². The molecule has 2 aromatic rings. The first-order valence-corrected chi connectivity index (χ1v) is 13.8. The second-order valence-corrected chi connectivity index (χ2v) is 11.3. The number of carbonyl (C=O) groups is 1. The molecule has 3 atom stereocenters. The highest BCUT2D eigenvalue weighted by molar-refractivity contribution is 7.81. The first-order chi connectivity index (χ1) is 17.0. The number of halogens is 2. The third-order valence-corrected chi connectivity index (χ3v) is 8.02. The maximum absolute atomic E-state index is 13.7. The third kappa shape index (κ3) is 7.41. The minimum Gasteiger partial charge on any atom is -0.390 e. The van der Waals surface area contributed by atoms with Gasteiger partial charge >= 0.3 is 0 Å². The number of hydrogen-bond acceptors (Lipinski definition) is 4. The van der Waals surface area contributed by atoms with Crippen molar-refractivity contribution >= 4 is 16.9 Å². The van der Waals surface area contributed by atoms with Crippen LogP contribution in [0, 0.1) is 11.6 Å². The second-order valence-electron chi connectivity index (χ2n) is 9.95. The Balaban J connectivity index is 1.82. The highest BCUT2D eigenvalue weighted by Crippen LogP contribution is 2.35. The fraction of sp³-hybridized carbons (Fsp3) is 0.519. The Bertz CT molecular complexity index is 1050. The van der Waals surface area contributed by atoms with Crippen LogP contribution in [0.3, 0.4) is 0 Å². The molecular weight excluding hydrogens is 484 g/mol. The van der Waals surface area contributed by atoms with E-state index in [1.165, 1.54) is 24.6 Å². The molecule has 1 fully saturated rings. The standard InChI is InChI=1S/C27H37F2N3O3S/c1-18(2)21-6-5-7-22(15-21)27(8-10-32(11-9-27)36(4)35)30-17-26(34)25(31-19(3)33)14-20-12-23(28)16-24(29)13-20/h5-7,12-13,15-16,18,25-26,30,34H,8-11,14,17H2,1-4H3,(H,31,33). The maximum Gasteiger partial charge on any atom is 0.217 e. The molecule has 6 nitrogen and oxygen atoms in total. The maximum atomic E-state index is 13.7. The number of aliphatic hydroxyl groups is 1. The van der Waals surface area contributed by atoms with Crippen molar-refractivity contribution in [2.45, 2.75) is 63.6 Å². The van der Waals surface area contributed by atoms with E-state index in [9.17, 15) is 22.9 Å². The largest absolute Gasteiger partial charge is 0.390 e. The van der Waals surface area contributed by atoms with Gasteiger partial charge in [-0.25, -0.2) is 17.3 Å². The molecule has 1 aliphatic heterocycles. The van der Waals surface area contributed by atoms with Crippen LogP contribution in [0.4, 0.5) is 8.78 Å². The van der Waals surface area contributed by atoms with Crippen molar-refractivity contribution in [2.24, 2.45) is 0 Å². The number of piperidine rings is 1. The summed E-state index contributed by atoms with van der Waals surface area (Å²) in [5, 5.41) is 17.4. The lowest BCUT2D eigenvalue weighted by molar-refractivity contribution is -0.120. The van der Waals surface area contributed by atoms with Crippen LogP contribution in [-0.2, 0) is 27.7 Å². The van der Waals surface area contributed by atoms with E-state index in [1.54, 1.807) is 6.26 Å². The smallest absolute Gasteiger partial charge is 0.217 e. The summed E-state index contributed by atoms with van der Waals surface area (Å²) < 4.78 is 41.4. The van der Waals surface area contributed by atoms with E-state index in [0.717, 1.165) is 11.6 Å². The molecule has 9 heteroatoms. The monoisotopic (exact) mass is 521 g/mol. The van der Waals surface area contributed by atoms with Crippen molar-refractivity contribution in [3.8, 4) is 0 Å². The Kier molecular flexibility index (Phi) is 9.74. The van der Waals surface area contributed by atoms with Crippen LogP contribution in [-0.4, -0.2) is 57.6 Å². The Morgan fingerprint density at radius 2 is 1.78 bits per heavy atom. The van der Waals surface area contributed by atoms with Crippen molar-refractivity contribution in [2.75, 3.05) is 25.9 Å². The van der Waals surface area contributed by atoms with E-state index in [-0.39, 0.29) is 18.9 Å². The molecule has 0 bridgehead atoms. The van der Waals surface area contributed by atoms with E-state index >= 15 is 0 Å². The van der Waals surface area contributed by atoms with Crippen molar-refractivity contribution in [3.05, 3.63) is 70.8 Å². The van der Waals surface area contributed by atoms with Gasteiger partial charge in [-0.2, -0.15) is 0 Å². The molecule has 1 saturated heterocycles. The van der Waals surface area contributed by atoms with Crippen LogP contribution in [0.15, 0.2) is 42.5 Å². The number of aliphatic hydroxyl groups excluding tert-OH is 1. The summed E-state index contributed by atoms with van der Waals surface area (Å²) in [6, 6.07) is 10.9. The molecule has 3 unspecified atom stereocenters. The van der Waals surface area contributed by atoms with Gasteiger partial charge in [-0.1, -0.05) is 38.1 Å². The normalized spacial score (nSPS) is 18.6. The van der Waals surface area contributed by atoms with E-state index in [4.69, 9.17) is 0 Å². The predicted molar refractivity (Wildman–Crippen MR) is 139 cm³/mol. The molecule has 198 valence electrons. The van der Waals surface area contributed by atoms with Gasteiger partial charge < -0.3 is 15.7 Å². The van der Waals surface area contributed by atoms with Crippen LogP contribution in [0.5, 0.6) is 0 Å². The number of amides is 1.